The lowest BCUT2D eigenvalue weighted by Crippen LogP contribution is -2.24. The maximum absolute atomic E-state index is 6.34. The van der Waals surface area contributed by atoms with Crippen molar-refractivity contribution in [2.75, 3.05) is 13.2 Å². The number of hydrogen-bond donors (Lipinski definition) is 1. The van der Waals surface area contributed by atoms with E-state index in [-0.39, 0.29) is 6.04 Å². The van der Waals surface area contributed by atoms with Crippen LogP contribution in [0.15, 0.2) is 12.5 Å². The third-order valence-electron chi connectivity index (χ3n) is 3.81. The fourth-order valence-electron chi connectivity index (χ4n) is 2.58. The number of aryl methyl sites for hydroxylation is 1. The fraction of sp³-hybridized carbons (Fsp3) is 0.786. The van der Waals surface area contributed by atoms with E-state index in [2.05, 4.69) is 16.5 Å². The summed E-state index contributed by atoms with van der Waals surface area (Å²) in [6.45, 7) is 4.92. The van der Waals surface area contributed by atoms with E-state index >= 15 is 0 Å². The Morgan fingerprint density at radius 2 is 2.39 bits per heavy atom. The van der Waals surface area contributed by atoms with Gasteiger partial charge in [0.2, 0.25) is 0 Å². The van der Waals surface area contributed by atoms with Gasteiger partial charge in [-0.1, -0.05) is 26.2 Å². The average molecular weight is 251 g/mol. The largest absolute Gasteiger partial charge is 0.381 e. The molecule has 0 bridgehead atoms. The summed E-state index contributed by atoms with van der Waals surface area (Å²) in [5.74, 6) is 0.455. The van der Waals surface area contributed by atoms with Gasteiger partial charge >= 0.3 is 0 Å². The van der Waals surface area contributed by atoms with Crippen LogP contribution in [0.3, 0.4) is 0 Å². The van der Waals surface area contributed by atoms with E-state index in [9.17, 15) is 0 Å². The molecule has 2 N–H and O–H groups in total. The number of nitrogens with zero attached hydrogens (tertiary/aromatic N) is 2. The van der Waals surface area contributed by atoms with Gasteiger partial charge in [-0.2, -0.15) is 0 Å². The van der Waals surface area contributed by atoms with E-state index in [1.165, 1.54) is 31.4 Å². The van der Waals surface area contributed by atoms with Crippen LogP contribution < -0.4 is 5.73 Å². The van der Waals surface area contributed by atoms with E-state index in [1.54, 1.807) is 0 Å². The predicted octanol–water partition coefficient (Wildman–Crippen LogP) is 2.50. The quantitative estimate of drug-likeness (QED) is 0.758. The van der Waals surface area contributed by atoms with Gasteiger partial charge in [-0.25, -0.2) is 4.98 Å². The summed E-state index contributed by atoms with van der Waals surface area (Å²) >= 11 is 0. The molecule has 1 aromatic heterocycles. The van der Waals surface area contributed by atoms with Gasteiger partial charge in [0, 0.05) is 25.3 Å². The summed E-state index contributed by atoms with van der Waals surface area (Å²) in [4.78, 5) is 4.26. The van der Waals surface area contributed by atoms with Crippen molar-refractivity contribution in [2.24, 2.45) is 11.7 Å². The molecule has 1 aliphatic heterocycles. The van der Waals surface area contributed by atoms with Crippen molar-refractivity contribution in [3.05, 3.63) is 18.2 Å². The van der Waals surface area contributed by atoms with Crippen LogP contribution in [0.1, 0.15) is 50.8 Å². The first-order valence-electron chi connectivity index (χ1n) is 7.16. The summed E-state index contributed by atoms with van der Waals surface area (Å²) in [7, 11) is 0. The molecule has 0 aromatic carbocycles. The van der Waals surface area contributed by atoms with Crippen LogP contribution in [-0.2, 0) is 11.3 Å². The molecule has 18 heavy (non-hydrogen) atoms. The zero-order valence-corrected chi connectivity index (χ0v) is 11.3. The zero-order chi connectivity index (χ0) is 12.8. The van der Waals surface area contributed by atoms with E-state index in [1.807, 2.05) is 12.5 Å². The number of imidazole rings is 1. The minimum atomic E-state index is 0.0705. The van der Waals surface area contributed by atoms with Crippen LogP contribution >= 0.6 is 0 Å². The molecule has 2 rings (SSSR count). The van der Waals surface area contributed by atoms with Gasteiger partial charge in [-0.05, 0) is 12.8 Å². The second-order valence-electron chi connectivity index (χ2n) is 5.22. The Kier molecular flexibility index (Phi) is 5.20. The third kappa shape index (κ3) is 3.33. The van der Waals surface area contributed by atoms with Crippen LogP contribution in [-0.4, -0.2) is 22.8 Å². The predicted molar refractivity (Wildman–Crippen MR) is 72.2 cm³/mol. The van der Waals surface area contributed by atoms with Gasteiger partial charge in [0.25, 0.3) is 0 Å². The molecule has 0 aliphatic carbocycles. The highest BCUT2D eigenvalue weighted by Crippen LogP contribution is 2.26. The monoisotopic (exact) mass is 251 g/mol. The smallest absolute Gasteiger partial charge is 0.0948 e. The van der Waals surface area contributed by atoms with E-state index in [4.69, 9.17) is 10.5 Å². The standard InChI is InChI=1S/C14H25N3O/c1-2-3-4-5-7-17-11-16-9-13(17)14(15)12-6-8-18-10-12/h9,11-12,14H,2-8,10,15H2,1H3. The number of unbranched alkanes of at least 4 members (excludes halogenated alkanes) is 3. The molecule has 0 saturated carbocycles. The van der Waals surface area contributed by atoms with Crippen molar-refractivity contribution in [3.8, 4) is 0 Å². The van der Waals surface area contributed by atoms with Gasteiger partial charge in [0.15, 0.2) is 0 Å². The van der Waals surface area contributed by atoms with Crippen LogP contribution in [0.4, 0.5) is 0 Å². The molecular formula is C14H25N3O. The Morgan fingerprint density at radius 1 is 1.50 bits per heavy atom. The molecule has 0 spiro atoms. The maximum Gasteiger partial charge on any atom is 0.0948 e. The minimum Gasteiger partial charge on any atom is -0.381 e. The summed E-state index contributed by atoms with van der Waals surface area (Å²) in [6.07, 6.45) is 9.99. The van der Waals surface area contributed by atoms with Gasteiger partial charge in [0.05, 0.1) is 24.7 Å². The van der Waals surface area contributed by atoms with E-state index < -0.39 is 0 Å². The van der Waals surface area contributed by atoms with Gasteiger partial charge in [-0.3, -0.25) is 0 Å². The fourth-order valence-corrected chi connectivity index (χ4v) is 2.58. The molecule has 0 amide bonds. The molecule has 2 atom stereocenters. The number of nitrogens with two attached hydrogens (primary N) is 1. The minimum absolute atomic E-state index is 0.0705. The molecule has 1 aromatic rings. The molecule has 2 unspecified atom stereocenters. The summed E-state index contributed by atoms with van der Waals surface area (Å²) in [5.41, 5.74) is 7.50. The molecule has 4 heteroatoms. The van der Waals surface area contributed by atoms with Crippen LogP contribution in [0, 0.1) is 5.92 Å². The van der Waals surface area contributed by atoms with E-state index in [0.29, 0.717) is 5.92 Å². The highest BCUT2D eigenvalue weighted by atomic mass is 16.5. The van der Waals surface area contributed by atoms with Crippen molar-refractivity contribution in [1.82, 2.24) is 9.55 Å². The van der Waals surface area contributed by atoms with Crippen molar-refractivity contribution in [3.63, 3.8) is 0 Å². The summed E-state index contributed by atoms with van der Waals surface area (Å²) < 4.78 is 7.64. The van der Waals surface area contributed by atoms with Gasteiger partial charge < -0.3 is 15.0 Å². The normalized spacial score (nSPS) is 21.3. The second-order valence-corrected chi connectivity index (χ2v) is 5.22. The molecule has 0 radical (unpaired) electrons. The lowest BCUT2D eigenvalue weighted by Gasteiger charge is -2.19. The first kappa shape index (κ1) is 13.6. The number of aromatic nitrogens is 2. The molecule has 1 aliphatic rings. The van der Waals surface area contributed by atoms with Crippen LogP contribution in [0.25, 0.3) is 0 Å². The van der Waals surface area contributed by atoms with Crippen molar-refractivity contribution >= 4 is 0 Å². The molecular weight excluding hydrogens is 226 g/mol. The Bertz CT molecular complexity index is 345. The maximum atomic E-state index is 6.34. The molecule has 2 heterocycles. The van der Waals surface area contributed by atoms with Crippen molar-refractivity contribution in [2.45, 2.75) is 51.6 Å². The molecule has 4 nitrogen and oxygen atoms in total. The highest BCUT2D eigenvalue weighted by molar-refractivity contribution is 5.07. The lowest BCUT2D eigenvalue weighted by molar-refractivity contribution is 0.180. The number of rotatable bonds is 7. The Hall–Kier alpha value is -0.870. The third-order valence-corrected chi connectivity index (χ3v) is 3.81. The Balaban J connectivity index is 1.89. The Morgan fingerprint density at radius 3 is 3.11 bits per heavy atom. The lowest BCUT2D eigenvalue weighted by atomic mass is 9.97. The first-order chi connectivity index (χ1) is 8.83. The summed E-state index contributed by atoms with van der Waals surface area (Å²) in [6, 6.07) is 0.0705. The van der Waals surface area contributed by atoms with Crippen LogP contribution in [0.2, 0.25) is 0 Å². The summed E-state index contributed by atoms with van der Waals surface area (Å²) in [5, 5.41) is 0. The molecule has 1 fully saturated rings. The zero-order valence-electron chi connectivity index (χ0n) is 11.3. The number of ether oxygens (including phenoxy) is 1. The van der Waals surface area contributed by atoms with Crippen molar-refractivity contribution in [1.29, 1.82) is 0 Å². The topological polar surface area (TPSA) is 53.1 Å². The number of hydrogen-bond acceptors (Lipinski definition) is 3. The molecule has 1 saturated heterocycles. The second kappa shape index (κ2) is 6.90. The van der Waals surface area contributed by atoms with Gasteiger partial charge in [-0.15, -0.1) is 0 Å². The van der Waals surface area contributed by atoms with Gasteiger partial charge in [0.1, 0.15) is 0 Å². The van der Waals surface area contributed by atoms with Crippen LogP contribution in [0.5, 0.6) is 0 Å². The van der Waals surface area contributed by atoms with E-state index in [0.717, 1.165) is 26.2 Å². The molecule has 102 valence electrons. The highest BCUT2D eigenvalue weighted by Gasteiger charge is 2.26. The Labute approximate surface area is 110 Å². The SMILES string of the molecule is CCCCCCn1cncc1C(N)C1CCOC1. The first-order valence-corrected chi connectivity index (χ1v) is 7.16. The average Bonchev–Trinajstić information content (AvgIpc) is 3.04. The van der Waals surface area contributed by atoms with Crippen molar-refractivity contribution < 1.29 is 4.74 Å².